The standard InChI is InChI=1S/C14H15N3O3S/c1-8(9-2-3-11-12(4-9)20-7-19-11)16-14(18)10-6-21-13(5-15)17-10/h2-4,6,8H,5,7,15H2,1H3,(H,16,18). The summed E-state index contributed by atoms with van der Waals surface area (Å²) in [4.78, 5) is 16.3. The molecule has 0 saturated carbocycles. The summed E-state index contributed by atoms with van der Waals surface area (Å²) in [5.41, 5.74) is 6.84. The first-order valence-corrected chi connectivity index (χ1v) is 7.40. The van der Waals surface area contributed by atoms with Gasteiger partial charge in [0.25, 0.3) is 5.91 Å². The second-order valence-electron chi connectivity index (χ2n) is 4.64. The first-order chi connectivity index (χ1) is 10.2. The van der Waals surface area contributed by atoms with Gasteiger partial charge in [0.1, 0.15) is 10.7 Å². The average Bonchev–Trinajstić information content (AvgIpc) is 3.15. The molecule has 21 heavy (non-hydrogen) atoms. The highest BCUT2D eigenvalue weighted by Crippen LogP contribution is 2.34. The fraction of sp³-hybridized carbons (Fsp3) is 0.286. The smallest absolute Gasteiger partial charge is 0.271 e. The van der Waals surface area contributed by atoms with Crippen LogP contribution in [0.15, 0.2) is 23.6 Å². The predicted octanol–water partition coefficient (Wildman–Crippen LogP) is 1.82. The van der Waals surface area contributed by atoms with Gasteiger partial charge in [-0.25, -0.2) is 4.98 Å². The van der Waals surface area contributed by atoms with Crippen molar-refractivity contribution in [2.24, 2.45) is 5.73 Å². The van der Waals surface area contributed by atoms with Crippen molar-refractivity contribution < 1.29 is 14.3 Å². The topological polar surface area (TPSA) is 86.5 Å². The van der Waals surface area contributed by atoms with Gasteiger partial charge >= 0.3 is 0 Å². The van der Waals surface area contributed by atoms with Crippen molar-refractivity contribution in [3.63, 3.8) is 0 Å². The van der Waals surface area contributed by atoms with Crippen LogP contribution in [0.4, 0.5) is 0 Å². The van der Waals surface area contributed by atoms with E-state index in [9.17, 15) is 4.79 Å². The van der Waals surface area contributed by atoms with Crippen molar-refractivity contribution >= 4 is 17.2 Å². The minimum Gasteiger partial charge on any atom is -0.454 e. The SMILES string of the molecule is CC(NC(=O)c1csc(CN)n1)c1ccc2c(c1)OCO2. The summed E-state index contributed by atoms with van der Waals surface area (Å²) in [5, 5.41) is 5.37. The molecule has 6 nitrogen and oxygen atoms in total. The highest BCUT2D eigenvalue weighted by molar-refractivity contribution is 7.09. The Morgan fingerprint density at radius 2 is 2.29 bits per heavy atom. The zero-order valence-electron chi connectivity index (χ0n) is 11.5. The number of thiazole rings is 1. The minimum absolute atomic E-state index is 0.157. The van der Waals surface area contributed by atoms with Crippen molar-refractivity contribution in [2.45, 2.75) is 19.5 Å². The van der Waals surface area contributed by atoms with Crippen LogP contribution >= 0.6 is 11.3 Å². The highest BCUT2D eigenvalue weighted by atomic mass is 32.1. The summed E-state index contributed by atoms with van der Waals surface area (Å²) < 4.78 is 10.6. The Morgan fingerprint density at radius 3 is 3.05 bits per heavy atom. The second-order valence-corrected chi connectivity index (χ2v) is 5.58. The molecule has 2 aromatic rings. The van der Waals surface area contributed by atoms with Crippen molar-refractivity contribution in [3.05, 3.63) is 39.8 Å². The molecule has 1 unspecified atom stereocenters. The lowest BCUT2D eigenvalue weighted by Crippen LogP contribution is -2.27. The molecule has 1 atom stereocenters. The zero-order valence-corrected chi connectivity index (χ0v) is 12.3. The van der Waals surface area contributed by atoms with Crippen LogP contribution < -0.4 is 20.5 Å². The number of nitrogens with zero attached hydrogens (tertiary/aromatic N) is 1. The van der Waals surface area contributed by atoms with Gasteiger partial charge in [-0.1, -0.05) is 6.07 Å². The average molecular weight is 305 g/mol. The van der Waals surface area contributed by atoms with Crippen molar-refractivity contribution in [1.82, 2.24) is 10.3 Å². The van der Waals surface area contributed by atoms with Gasteiger partial charge in [-0.05, 0) is 24.6 Å². The molecule has 1 aromatic heterocycles. The van der Waals surface area contributed by atoms with E-state index in [2.05, 4.69) is 10.3 Å². The number of benzene rings is 1. The van der Waals surface area contributed by atoms with Gasteiger partial charge in [-0.3, -0.25) is 4.79 Å². The lowest BCUT2D eigenvalue weighted by Gasteiger charge is -2.14. The Morgan fingerprint density at radius 1 is 1.48 bits per heavy atom. The summed E-state index contributed by atoms with van der Waals surface area (Å²) in [5.74, 6) is 1.22. The molecular formula is C14H15N3O3S. The maximum atomic E-state index is 12.1. The summed E-state index contributed by atoms with van der Waals surface area (Å²) in [7, 11) is 0. The lowest BCUT2D eigenvalue weighted by atomic mass is 10.1. The number of carbonyl (C=O) groups excluding carboxylic acids is 1. The molecule has 0 fully saturated rings. The molecule has 0 saturated heterocycles. The molecule has 1 aliphatic heterocycles. The van der Waals surface area contributed by atoms with Crippen molar-refractivity contribution in [3.8, 4) is 11.5 Å². The second kappa shape index (κ2) is 5.71. The Hall–Kier alpha value is -2.12. The number of nitrogens with one attached hydrogen (secondary N) is 1. The van der Waals surface area contributed by atoms with Crippen LogP contribution in [0.25, 0.3) is 0 Å². The van der Waals surface area contributed by atoms with Gasteiger partial charge in [0.15, 0.2) is 11.5 Å². The van der Waals surface area contributed by atoms with Crippen LogP contribution in [0.3, 0.4) is 0 Å². The number of nitrogens with two attached hydrogens (primary N) is 1. The molecule has 3 rings (SSSR count). The maximum absolute atomic E-state index is 12.1. The molecule has 0 aliphatic carbocycles. The van der Waals surface area contributed by atoms with Gasteiger partial charge in [0, 0.05) is 11.9 Å². The minimum atomic E-state index is -0.212. The molecule has 1 aliphatic rings. The quantitative estimate of drug-likeness (QED) is 0.900. The molecule has 1 amide bonds. The molecule has 2 heterocycles. The van der Waals surface area contributed by atoms with Crippen LogP contribution in [0.5, 0.6) is 11.5 Å². The fourth-order valence-electron chi connectivity index (χ4n) is 2.05. The van der Waals surface area contributed by atoms with Crippen LogP contribution in [0.1, 0.15) is 34.0 Å². The van der Waals surface area contributed by atoms with Crippen LogP contribution in [-0.2, 0) is 6.54 Å². The first-order valence-electron chi connectivity index (χ1n) is 6.52. The van der Waals surface area contributed by atoms with E-state index in [1.165, 1.54) is 11.3 Å². The lowest BCUT2D eigenvalue weighted by molar-refractivity contribution is 0.0935. The number of aromatic nitrogens is 1. The van der Waals surface area contributed by atoms with Crippen molar-refractivity contribution in [2.75, 3.05) is 6.79 Å². The van der Waals surface area contributed by atoms with Crippen LogP contribution in [0, 0.1) is 0 Å². The monoisotopic (exact) mass is 305 g/mol. The Balaban J connectivity index is 1.70. The predicted molar refractivity (Wildman–Crippen MR) is 78.5 cm³/mol. The number of hydrogen-bond acceptors (Lipinski definition) is 6. The third-order valence-corrected chi connectivity index (χ3v) is 4.07. The third-order valence-electron chi connectivity index (χ3n) is 3.20. The zero-order chi connectivity index (χ0) is 14.8. The maximum Gasteiger partial charge on any atom is 0.271 e. The normalized spacial score (nSPS) is 14.0. The van der Waals surface area contributed by atoms with Gasteiger partial charge in [-0.2, -0.15) is 0 Å². The van der Waals surface area contributed by atoms with Gasteiger partial charge in [0.2, 0.25) is 6.79 Å². The Bertz CT molecular complexity index is 671. The molecule has 7 heteroatoms. The van der Waals surface area contributed by atoms with Crippen LogP contribution in [0.2, 0.25) is 0 Å². The number of carbonyl (C=O) groups is 1. The van der Waals surface area contributed by atoms with E-state index in [4.69, 9.17) is 15.2 Å². The largest absolute Gasteiger partial charge is 0.454 e. The van der Waals surface area contributed by atoms with E-state index < -0.39 is 0 Å². The molecule has 0 bridgehead atoms. The van der Waals surface area contributed by atoms with E-state index >= 15 is 0 Å². The number of rotatable bonds is 4. The molecule has 110 valence electrons. The molecule has 0 spiro atoms. The fourth-order valence-corrected chi connectivity index (χ4v) is 2.70. The first kappa shape index (κ1) is 13.8. The number of fused-ring (bicyclic) bond motifs is 1. The summed E-state index contributed by atoms with van der Waals surface area (Å²) >= 11 is 1.38. The molecular weight excluding hydrogens is 290 g/mol. The third kappa shape index (κ3) is 2.84. The molecule has 1 aromatic carbocycles. The van der Waals surface area contributed by atoms with E-state index in [0.29, 0.717) is 18.0 Å². The summed E-state index contributed by atoms with van der Waals surface area (Å²) in [6, 6.07) is 5.47. The molecule has 0 radical (unpaired) electrons. The highest BCUT2D eigenvalue weighted by Gasteiger charge is 2.18. The Kier molecular flexibility index (Phi) is 3.76. The number of amides is 1. The molecule has 3 N–H and O–H groups in total. The summed E-state index contributed by atoms with van der Waals surface area (Å²) in [6.07, 6.45) is 0. The number of hydrogen-bond donors (Lipinski definition) is 2. The van der Waals surface area contributed by atoms with Gasteiger partial charge in [0.05, 0.1) is 6.04 Å². The van der Waals surface area contributed by atoms with Crippen LogP contribution in [-0.4, -0.2) is 17.7 Å². The van der Waals surface area contributed by atoms with E-state index in [-0.39, 0.29) is 18.7 Å². The van der Waals surface area contributed by atoms with Gasteiger partial charge < -0.3 is 20.5 Å². The van der Waals surface area contributed by atoms with E-state index in [1.807, 2.05) is 25.1 Å². The number of ether oxygens (including phenoxy) is 2. The summed E-state index contributed by atoms with van der Waals surface area (Å²) in [6.45, 7) is 2.49. The van der Waals surface area contributed by atoms with Gasteiger partial charge in [-0.15, -0.1) is 11.3 Å². The van der Waals surface area contributed by atoms with Crippen molar-refractivity contribution in [1.29, 1.82) is 0 Å². The van der Waals surface area contributed by atoms with E-state index in [0.717, 1.165) is 16.3 Å². The Labute approximate surface area is 125 Å². The van der Waals surface area contributed by atoms with E-state index in [1.54, 1.807) is 5.38 Å².